The summed E-state index contributed by atoms with van der Waals surface area (Å²) < 4.78 is 40.6. The van der Waals surface area contributed by atoms with E-state index in [0.717, 1.165) is 10.9 Å². The molecular formula is C22H22FN3O3S. The second kappa shape index (κ2) is 8.14. The SMILES string of the molecule is NCCNS(=O)(=O)c1ccc([C@@H]2C[C@H]2C(=O)Nc2ccc3cccc(F)c3c2)cc1. The van der Waals surface area contributed by atoms with Crippen LogP contribution in [0.4, 0.5) is 10.1 Å². The van der Waals surface area contributed by atoms with Crippen LogP contribution in [0.5, 0.6) is 0 Å². The molecule has 0 aromatic heterocycles. The summed E-state index contributed by atoms with van der Waals surface area (Å²) in [6.07, 6.45) is 0.686. The Morgan fingerprint density at radius 1 is 1.10 bits per heavy atom. The fourth-order valence-corrected chi connectivity index (χ4v) is 4.62. The molecule has 1 aliphatic carbocycles. The first kappa shape index (κ1) is 20.5. The zero-order valence-corrected chi connectivity index (χ0v) is 17.0. The Morgan fingerprint density at radius 2 is 1.87 bits per heavy atom. The fourth-order valence-electron chi connectivity index (χ4n) is 3.57. The third-order valence-electron chi connectivity index (χ3n) is 5.28. The molecule has 3 aromatic carbocycles. The lowest BCUT2D eigenvalue weighted by Crippen LogP contribution is -2.29. The van der Waals surface area contributed by atoms with Crippen molar-refractivity contribution in [1.82, 2.24) is 4.72 Å². The first-order valence-electron chi connectivity index (χ1n) is 9.68. The first-order chi connectivity index (χ1) is 14.4. The van der Waals surface area contributed by atoms with Crippen molar-refractivity contribution < 1.29 is 17.6 Å². The molecule has 0 unspecified atom stereocenters. The van der Waals surface area contributed by atoms with E-state index in [4.69, 9.17) is 5.73 Å². The summed E-state index contributed by atoms with van der Waals surface area (Å²) in [7, 11) is -3.58. The van der Waals surface area contributed by atoms with Crippen LogP contribution in [0.1, 0.15) is 17.9 Å². The minimum Gasteiger partial charge on any atom is -0.329 e. The molecule has 0 bridgehead atoms. The van der Waals surface area contributed by atoms with Crippen LogP contribution in [0.3, 0.4) is 0 Å². The molecule has 30 heavy (non-hydrogen) atoms. The molecule has 0 radical (unpaired) electrons. The summed E-state index contributed by atoms with van der Waals surface area (Å²) in [5.41, 5.74) is 6.80. The van der Waals surface area contributed by atoms with Crippen LogP contribution >= 0.6 is 0 Å². The smallest absolute Gasteiger partial charge is 0.240 e. The molecule has 0 saturated heterocycles. The number of amides is 1. The highest BCUT2D eigenvalue weighted by atomic mass is 32.2. The maximum absolute atomic E-state index is 14.0. The van der Waals surface area contributed by atoms with Gasteiger partial charge in [-0.15, -0.1) is 0 Å². The Hall–Kier alpha value is -2.81. The molecule has 156 valence electrons. The van der Waals surface area contributed by atoms with E-state index in [9.17, 15) is 17.6 Å². The second-order valence-corrected chi connectivity index (χ2v) is 9.14. The summed E-state index contributed by atoms with van der Waals surface area (Å²) in [4.78, 5) is 12.8. The third-order valence-corrected chi connectivity index (χ3v) is 6.76. The van der Waals surface area contributed by atoms with Gasteiger partial charge in [-0.05, 0) is 53.6 Å². The number of hydrogen-bond acceptors (Lipinski definition) is 4. The van der Waals surface area contributed by atoms with Crippen molar-refractivity contribution in [1.29, 1.82) is 0 Å². The lowest BCUT2D eigenvalue weighted by molar-refractivity contribution is -0.117. The average molecular weight is 428 g/mol. The van der Waals surface area contributed by atoms with Gasteiger partial charge in [0.15, 0.2) is 0 Å². The van der Waals surface area contributed by atoms with Gasteiger partial charge in [-0.2, -0.15) is 0 Å². The van der Waals surface area contributed by atoms with Crippen molar-refractivity contribution in [3.63, 3.8) is 0 Å². The van der Waals surface area contributed by atoms with Gasteiger partial charge in [0.25, 0.3) is 0 Å². The maximum atomic E-state index is 14.0. The number of halogens is 1. The molecule has 4 N–H and O–H groups in total. The number of nitrogens with two attached hydrogens (primary N) is 1. The zero-order valence-electron chi connectivity index (χ0n) is 16.1. The van der Waals surface area contributed by atoms with Gasteiger partial charge in [0.05, 0.1) is 4.90 Å². The molecule has 4 rings (SSSR count). The molecular weight excluding hydrogens is 405 g/mol. The molecule has 0 heterocycles. The Kier molecular flexibility index (Phi) is 5.55. The van der Waals surface area contributed by atoms with Crippen molar-refractivity contribution >= 4 is 32.4 Å². The van der Waals surface area contributed by atoms with Crippen LogP contribution in [0.2, 0.25) is 0 Å². The lowest BCUT2D eigenvalue weighted by Gasteiger charge is -2.08. The predicted octanol–water partition coefficient (Wildman–Crippen LogP) is 2.96. The van der Waals surface area contributed by atoms with Crippen molar-refractivity contribution in [2.24, 2.45) is 11.7 Å². The van der Waals surface area contributed by atoms with E-state index < -0.39 is 10.0 Å². The number of fused-ring (bicyclic) bond motifs is 1. The van der Waals surface area contributed by atoms with Gasteiger partial charge in [-0.1, -0.05) is 30.3 Å². The molecule has 1 amide bonds. The normalized spacial score (nSPS) is 18.3. The highest BCUT2D eigenvalue weighted by Gasteiger charge is 2.44. The molecule has 8 heteroatoms. The second-order valence-electron chi connectivity index (χ2n) is 7.37. The number of nitrogens with one attached hydrogen (secondary N) is 2. The minimum atomic E-state index is -3.58. The van der Waals surface area contributed by atoms with Crippen LogP contribution in [-0.2, 0) is 14.8 Å². The van der Waals surface area contributed by atoms with Crippen LogP contribution < -0.4 is 15.8 Å². The molecule has 1 aliphatic rings. The average Bonchev–Trinajstić information content (AvgIpc) is 3.54. The third kappa shape index (κ3) is 4.21. The fraction of sp³-hybridized carbons (Fsp3) is 0.227. The highest BCUT2D eigenvalue weighted by molar-refractivity contribution is 7.89. The highest BCUT2D eigenvalue weighted by Crippen LogP contribution is 2.48. The summed E-state index contributed by atoms with van der Waals surface area (Å²) in [5, 5.41) is 4.09. The van der Waals surface area contributed by atoms with Crippen LogP contribution in [0, 0.1) is 11.7 Å². The van der Waals surface area contributed by atoms with Crippen molar-refractivity contribution in [2.45, 2.75) is 17.2 Å². The van der Waals surface area contributed by atoms with E-state index in [0.29, 0.717) is 17.5 Å². The molecule has 6 nitrogen and oxygen atoms in total. The summed E-state index contributed by atoms with van der Waals surface area (Å²) in [6.45, 7) is 0.396. The Bertz CT molecular complexity index is 1200. The number of carbonyl (C=O) groups is 1. The Balaban J connectivity index is 1.42. The van der Waals surface area contributed by atoms with Gasteiger partial charge < -0.3 is 11.1 Å². The number of anilines is 1. The van der Waals surface area contributed by atoms with Gasteiger partial charge in [-0.3, -0.25) is 4.79 Å². The van der Waals surface area contributed by atoms with E-state index >= 15 is 0 Å². The van der Waals surface area contributed by atoms with Crippen molar-refractivity contribution in [2.75, 3.05) is 18.4 Å². The molecule has 0 aliphatic heterocycles. The predicted molar refractivity (Wildman–Crippen MR) is 114 cm³/mol. The number of benzene rings is 3. The van der Waals surface area contributed by atoms with Crippen LogP contribution in [0.15, 0.2) is 65.6 Å². The monoisotopic (exact) mass is 427 g/mol. The van der Waals surface area contributed by atoms with E-state index in [1.165, 1.54) is 18.2 Å². The quantitative estimate of drug-likeness (QED) is 0.540. The van der Waals surface area contributed by atoms with E-state index in [1.807, 2.05) is 6.07 Å². The lowest BCUT2D eigenvalue weighted by atomic mass is 10.1. The van der Waals surface area contributed by atoms with Gasteiger partial charge in [0, 0.05) is 30.1 Å². The van der Waals surface area contributed by atoms with Gasteiger partial charge >= 0.3 is 0 Å². The summed E-state index contributed by atoms with van der Waals surface area (Å²) >= 11 is 0. The number of hydrogen-bond donors (Lipinski definition) is 3. The van der Waals surface area contributed by atoms with E-state index in [-0.39, 0.29) is 41.5 Å². The Morgan fingerprint density at radius 3 is 2.60 bits per heavy atom. The topological polar surface area (TPSA) is 101 Å². The van der Waals surface area contributed by atoms with Gasteiger partial charge in [0.1, 0.15) is 5.82 Å². The van der Waals surface area contributed by atoms with Crippen molar-refractivity contribution in [3.8, 4) is 0 Å². The maximum Gasteiger partial charge on any atom is 0.240 e. The number of sulfonamides is 1. The molecule has 3 aromatic rings. The zero-order chi connectivity index (χ0) is 21.3. The van der Waals surface area contributed by atoms with Crippen LogP contribution in [-0.4, -0.2) is 27.4 Å². The number of carbonyl (C=O) groups excluding carboxylic acids is 1. The first-order valence-corrected chi connectivity index (χ1v) is 11.2. The summed E-state index contributed by atoms with van der Waals surface area (Å²) in [5.74, 6) is -0.615. The minimum absolute atomic E-state index is 0.0379. The van der Waals surface area contributed by atoms with E-state index in [1.54, 1.807) is 36.4 Å². The Labute approximate surface area is 174 Å². The van der Waals surface area contributed by atoms with Gasteiger partial charge in [-0.25, -0.2) is 17.5 Å². The molecule has 0 spiro atoms. The summed E-state index contributed by atoms with van der Waals surface area (Å²) in [6, 6.07) is 16.6. The standard InChI is InChI=1S/C22H22FN3O3S/c23-21-3-1-2-14-4-7-16(12-19(14)21)26-22(27)20-13-18(20)15-5-8-17(9-6-15)30(28,29)25-11-10-24/h1-9,12,18,20,25H,10-11,13,24H2,(H,26,27)/t18-,20+/m0/s1. The van der Waals surface area contributed by atoms with Crippen LogP contribution in [0.25, 0.3) is 10.8 Å². The number of rotatable bonds is 7. The molecule has 1 saturated carbocycles. The van der Waals surface area contributed by atoms with Crippen molar-refractivity contribution in [3.05, 3.63) is 72.0 Å². The largest absolute Gasteiger partial charge is 0.329 e. The molecule has 1 fully saturated rings. The van der Waals surface area contributed by atoms with Gasteiger partial charge in [0.2, 0.25) is 15.9 Å². The molecule has 2 atom stereocenters. The van der Waals surface area contributed by atoms with E-state index in [2.05, 4.69) is 10.0 Å².